The third kappa shape index (κ3) is 3.64. The number of rotatable bonds is 3. The first kappa shape index (κ1) is 14.7. The van der Waals surface area contributed by atoms with Crippen LogP contribution in [0.25, 0.3) is 0 Å². The van der Waals surface area contributed by atoms with E-state index < -0.39 is 11.7 Å². The zero-order chi connectivity index (χ0) is 15.2. The Balaban J connectivity index is 2.16. The van der Waals surface area contributed by atoms with Crippen LogP contribution in [0.2, 0.25) is 0 Å². The lowest BCUT2D eigenvalue weighted by Gasteiger charge is -2.05. The van der Waals surface area contributed by atoms with Gasteiger partial charge in [-0.15, -0.1) is 0 Å². The molecule has 1 amide bonds. The van der Waals surface area contributed by atoms with Gasteiger partial charge in [0.25, 0.3) is 5.91 Å². The van der Waals surface area contributed by atoms with Crippen LogP contribution in [-0.4, -0.2) is 32.4 Å². The third-order valence-corrected chi connectivity index (χ3v) is 2.62. The molecule has 0 aliphatic rings. The normalized spacial score (nSPS) is 9.86. The number of anilines is 1. The van der Waals surface area contributed by atoms with Crippen LogP contribution < -0.4 is 5.32 Å². The number of carbonyl (C=O) groups is 1. The number of amides is 1. The summed E-state index contributed by atoms with van der Waals surface area (Å²) in [4.78, 5) is 15.8. The lowest BCUT2D eigenvalue weighted by molar-refractivity contribution is 0.102. The molecule has 0 fully saturated rings. The maximum absolute atomic E-state index is 13.9. The lowest BCUT2D eigenvalue weighted by Crippen LogP contribution is -2.16. The number of nitrogens with one attached hydrogen (secondary N) is 1. The van der Waals surface area contributed by atoms with Crippen molar-refractivity contribution in [1.82, 2.24) is 14.8 Å². The highest BCUT2D eigenvalue weighted by Gasteiger charge is 2.14. The van der Waals surface area contributed by atoms with Crippen LogP contribution in [0.1, 0.15) is 22.3 Å². The van der Waals surface area contributed by atoms with E-state index in [1.807, 2.05) is 0 Å². The van der Waals surface area contributed by atoms with Gasteiger partial charge in [0.05, 0.1) is 12.2 Å². The molecule has 0 saturated carbocycles. The number of hydrogen-bond donors (Lipinski definition) is 2. The SMILES string of the molecule is Cn1ncnc1NC(=O)c1ccc(C#CCCO)cc1F. The van der Waals surface area contributed by atoms with Gasteiger partial charge in [-0.2, -0.15) is 10.1 Å². The number of carbonyl (C=O) groups excluding carboxylic acids is 1. The number of halogens is 1. The number of aryl methyl sites for hydroxylation is 1. The molecular formula is C14H13FN4O2. The van der Waals surface area contributed by atoms with Crippen LogP contribution in [-0.2, 0) is 7.05 Å². The molecule has 0 saturated heterocycles. The maximum atomic E-state index is 13.9. The van der Waals surface area contributed by atoms with E-state index in [9.17, 15) is 9.18 Å². The van der Waals surface area contributed by atoms with Gasteiger partial charge in [-0.25, -0.2) is 9.07 Å². The van der Waals surface area contributed by atoms with E-state index in [4.69, 9.17) is 5.11 Å². The Kier molecular flexibility index (Phi) is 4.64. The first-order valence-corrected chi connectivity index (χ1v) is 6.16. The van der Waals surface area contributed by atoms with Crippen LogP contribution in [0.4, 0.5) is 10.3 Å². The van der Waals surface area contributed by atoms with Crippen molar-refractivity contribution in [2.45, 2.75) is 6.42 Å². The lowest BCUT2D eigenvalue weighted by atomic mass is 10.1. The monoisotopic (exact) mass is 288 g/mol. The van der Waals surface area contributed by atoms with E-state index in [0.29, 0.717) is 12.0 Å². The molecule has 0 unspecified atom stereocenters. The van der Waals surface area contributed by atoms with E-state index >= 15 is 0 Å². The number of aliphatic hydroxyl groups is 1. The largest absolute Gasteiger partial charge is 0.395 e. The predicted molar refractivity (Wildman–Crippen MR) is 73.9 cm³/mol. The van der Waals surface area contributed by atoms with Crippen molar-refractivity contribution >= 4 is 11.9 Å². The Morgan fingerprint density at radius 3 is 2.95 bits per heavy atom. The van der Waals surface area contributed by atoms with Crippen LogP contribution >= 0.6 is 0 Å². The summed E-state index contributed by atoms with van der Waals surface area (Å²) in [6.45, 7) is -0.0479. The number of hydrogen-bond acceptors (Lipinski definition) is 4. The smallest absolute Gasteiger partial charge is 0.260 e. The molecule has 2 aromatic rings. The Labute approximate surface area is 120 Å². The van der Waals surface area contributed by atoms with Crippen LogP contribution in [0.3, 0.4) is 0 Å². The quantitative estimate of drug-likeness (QED) is 0.824. The van der Waals surface area contributed by atoms with Gasteiger partial charge in [0.2, 0.25) is 5.95 Å². The Morgan fingerprint density at radius 1 is 1.52 bits per heavy atom. The summed E-state index contributed by atoms with van der Waals surface area (Å²) >= 11 is 0. The highest BCUT2D eigenvalue weighted by molar-refractivity contribution is 6.03. The summed E-state index contributed by atoms with van der Waals surface area (Å²) in [6.07, 6.45) is 1.60. The average molecular weight is 288 g/mol. The van der Waals surface area contributed by atoms with Gasteiger partial charge >= 0.3 is 0 Å². The standard InChI is InChI=1S/C14H13FN4O2/c1-19-14(16-9-17-19)18-13(21)11-6-5-10(8-12(11)15)4-2-3-7-20/h5-6,8-9,20H,3,7H2,1H3,(H,16,17,18,21). The van der Waals surface area contributed by atoms with Crippen molar-refractivity contribution in [2.75, 3.05) is 11.9 Å². The summed E-state index contributed by atoms with van der Waals surface area (Å²) in [7, 11) is 1.61. The van der Waals surface area contributed by atoms with Crippen molar-refractivity contribution in [2.24, 2.45) is 7.05 Å². The molecule has 21 heavy (non-hydrogen) atoms. The molecule has 108 valence electrons. The van der Waals surface area contributed by atoms with Crippen molar-refractivity contribution in [3.05, 3.63) is 41.5 Å². The fraction of sp³-hybridized carbons (Fsp3) is 0.214. The highest BCUT2D eigenvalue weighted by atomic mass is 19.1. The Bertz CT molecular complexity index is 715. The molecular weight excluding hydrogens is 275 g/mol. The zero-order valence-corrected chi connectivity index (χ0v) is 11.3. The third-order valence-electron chi connectivity index (χ3n) is 2.62. The van der Waals surface area contributed by atoms with E-state index in [-0.39, 0.29) is 18.1 Å². The van der Waals surface area contributed by atoms with Crippen molar-refractivity contribution < 1.29 is 14.3 Å². The minimum Gasteiger partial charge on any atom is -0.395 e. The number of aromatic nitrogens is 3. The molecule has 2 N–H and O–H groups in total. The van der Waals surface area contributed by atoms with Crippen molar-refractivity contribution in [3.8, 4) is 11.8 Å². The molecule has 0 atom stereocenters. The summed E-state index contributed by atoms with van der Waals surface area (Å²) in [5.74, 6) is 4.32. The fourth-order valence-electron chi connectivity index (χ4n) is 1.58. The van der Waals surface area contributed by atoms with Gasteiger partial charge < -0.3 is 5.11 Å². The molecule has 0 radical (unpaired) electrons. The summed E-state index contributed by atoms with van der Waals surface area (Å²) in [5.41, 5.74) is 0.335. The van der Waals surface area contributed by atoms with Gasteiger partial charge in [0, 0.05) is 19.0 Å². The number of aliphatic hydroxyl groups excluding tert-OH is 1. The summed E-state index contributed by atoms with van der Waals surface area (Å²) < 4.78 is 15.3. The van der Waals surface area contributed by atoms with Gasteiger partial charge in [-0.3, -0.25) is 10.1 Å². The molecule has 1 aromatic carbocycles. The topological polar surface area (TPSA) is 80.0 Å². The van der Waals surface area contributed by atoms with Gasteiger partial charge in [0.1, 0.15) is 12.1 Å². The average Bonchev–Trinajstić information content (AvgIpc) is 2.84. The van der Waals surface area contributed by atoms with Crippen molar-refractivity contribution in [3.63, 3.8) is 0 Å². The minimum atomic E-state index is -0.675. The minimum absolute atomic E-state index is 0.0479. The van der Waals surface area contributed by atoms with Gasteiger partial charge in [0.15, 0.2) is 0 Å². The Hall–Kier alpha value is -2.72. The van der Waals surface area contributed by atoms with E-state index in [1.165, 1.54) is 23.1 Å². The molecule has 0 spiro atoms. The molecule has 0 aliphatic carbocycles. The predicted octanol–water partition coefficient (Wildman–Crippen LogP) is 0.940. The van der Waals surface area contributed by atoms with Gasteiger partial charge in [-0.1, -0.05) is 11.8 Å². The fourth-order valence-corrected chi connectivity index (χ4v) is 1.58. The number of benzene rings is 1. The van der Waals surface area contributed by atoms with Gasteiger partial charge in [-0.05, 0) is 18.2 Å². The second-order valence-electron chi connectivity index (χ2n) is 4.13. The molecule has 1 heterocycles. The molecule has 7 heteroatoms. The maximum Gasteiger partial charge on any atom is 0.260 e. The highest BCUT2D eigenvalue weighted by Crippen LogP contribution is 2.12. The second kappa shape index (κ2) is 6.63. The summed E-state index contributed by atoms with van der Waals surface area (Å²) in [5, 5.41) is 14.9. The van der Waals surface area contributed by atoms with Crippen molar-refractivity contribution in [1.29, 1.82) is 0 Å². The molecule has 0 aliphatic heterocycles. The van der Waals surface area contributed by atoms with E-state index in [0.717, 1.165) is 0 Å². The zero-order valence-electron chi connectivity index (χ0n) is 11.3. The molecule has 6 nitrogen and oxygen atoms in total. The summed E-state index contributed by atoms with van der Waals surface area (Å²) in [6, 6.07) is 4.07. The van der Waals surface area contributed by atoms with E-state index in [2.05, 4.69) is 27.2 Å². The first-order chi connectivity index (χ1) is 10.1. The molecule has 0 bridgehead atoms. The molecule has 2 rings (SSSR count). The molecule has 1 aromatic heterocycles. The first-order valence-electron chi connectivity index (χ1n) is 6.16. The van der Waals surface area contributed by atoms with Crippen LogP contribution in [0, 0.1) is 17.7 Å². The second-order valence-corrected chi connectivity index (χ2v) is 4.13. The van der Waals surface area contributed by atoms with E-state index in [1.54, 1.807) is 13.1 Å². The Morgan fingerprint density at radius 2 is 2.33 bits per heavy atom. The number of nitrogens with zero attached hydrogens (tertiary/aromatic N) is 3. The van der Waals surface area contributed by atoms with Crippen LogP contribution in [0.5, 0.6) is 0 Å². The van der Waals surface area contributed by atoms with Crippen LogP contribution in [0.15, 0.2) is 24.5 Å².